The van der Waals surface area contributed by atoms with Gasteiger partial charge in [0.2, 0.25) is 0 Å². The van der Waals surface area contributed by atoms with Crippen LogP contribution >= 0.6 is 0 Å². The average molecular weight is 272 g/mol. The van der Waals surface area contributed by atoms with Gasteiger partial charge in [0.1, 0.15) is 11.0 Å². The van der Waals surface area contributed by atoms with Crippen LogP contribution in [-0.4, -0.2) is 46.8 Å². The molecule has 0 radical (unpaired) electrons. The van der Waals surface area contributed by atoms with Crippen LogP contribution in [0, 0.1) is 5.41 Å². The van der Waals surface area contributed by atoms with Crippen molar-refractivity contribution in [3.8, 4) is 0 Å². The minimum atomic E-state index is -1.07. The molecule has 1 amide bonds. The molecule has 0 unspecified atom stereocenters. The Balaban J connectivity index is 2.85. The van der Waals surface area contributed by atoms with E-state index < -0.39 is 29.1 Å². The van der Waals surface area contributed by atoms with Gasteiger partial charge in [-0.05, 0) is 33.6 Å². The number of rotatable bonds is 2. The minimum Gasteiger partial charge on any atom is -0.481 e. The van der Waals surface area contributed by atoms with Crippen molar-refractivity contribution in [1.29, 1.82) is 0 Å². The Bertz CT molecular complexity index is 364. The average Bonchev–Trinajstić information content (AvgIpc) is 2.27. The number of piperidine rings is 1. The molecule has 0 spiro atoms. The fraction of sp³-hybridized carbons (Fsp3) is 0.846. The number of hydrogen-bond donors (Lipinski definition) is 2. The molecule has 6 heteroatoms. The van der Waals surface area contributed by atoms with E-state index in [1.165, 1.54) is 4.90 Å². The van der Waals surface area contributed by atoms with Crippen LogP contribution in [0.4, 0.5) is 4.79 Å². The molecule has 2 atom stereocenters. The Hall–Kier alpha value is -1.30. The lowest BCUT2D eigenvalue weighted by atomic mass is 9.74. The van der Waals surface area contributed by atoms with Crippen LogP contribution in [0.3, 0.4) is 0 Å². The second kappa shape index (κ2) is 5.36. The highest BCUT2D eigenvalue weighted by atomic mass is 16.6. The fourth-order valence-corrected chi connectivity index (χ4v) is 2.34. The Morgan fingerprint density at radius 1 is 1.47 bits per heavy atom. The maximum atomic E-state index is 12.0. The molecule has 1 heterocycles. The summed E-state index contributed by atoms with van der Waals surface area (Å²) >= 11 is 0. The largest absolute Gasteiger partial charge is 0.481 e. The maximum Gasteiger partial charge on any atom is 0.410 e. The molecule has 1 saturated heterocycles. The van der Waals surface area contributed by atoms with Crippen molar-refractivity contribution < 1.29 is 19.4 Å². The van der Waals surface area contributed by atoms with Gasteiger partial charge in [0.25, 0.3) is 0 Å². The second-order valence-corrected chi connectivity index (χ2v) is 6.11. The third-order valence-electron chi connectivity index (χ3n) is 3.60. The smallest absolute Gasteiger partial charge is 0.410 e. The van der Waals surface area contributed by atoms with Crippen molar-refractivity contribution in [2.75, 3.05) is 13.1 Å². The number of likely N-dealkylation sites (tertiary alicyclic amines) is 1. The summed E-state index contributed by atoms with van der Waals surface area (Å²) in [4.78, 5) is 25.0. The monoisotopic (exact) mass is 272 g/mol. The molecule has 0 aromatic heterocycles. The number of nitrogens with two attached hydrogens (primary N) is 1. The summed E-state index contributed by atoms with van der Waals surface area (Å²) in [5.74, 6) is -0.948. The highest BCUT2D eigenvalue weighted by Gasteiger charge is 2.48. The summed E-state index contributed by atoms with van der Waals surface area (Å²) in [6, 6.07) is -0.436. The van der Waals surface area contributed by atoms with E-state index in [-0.39, 0.29) is 6.54 Å². The number of aliphatic carboxylic acids is 1. The highest BCUT2D eigenvalue weighted by molar-refractivity contribution is 5.78. The molecule has 1 fully saturated rings. The van der Waals surface area contributed by atoms with Gasteiger partial charge in [0.15, 0.2) is 0 Å². The van der Waals surface area contributed by atoms with E-state index in [4.69, 9.17) is 10.5 Å². The third-order valence-corrected chi connectivity index (χ3v) is 3.60. The van der Waals surface area contributed by atoms with Gasteiger partial charge in [-0.25, -0.2) is 4.79 Å². The van der Waals surface area contributed by atoms with Crippen molar-refractivity contribution in [1.82, 2.24) is 4.90 Å². The van der Waals surface area contributed by atoms with Gasteiger partial charge in [0.05, 0.1) is 0 Å². The third kappa shape index (κ3) is 3.37. The molecule has 0 bridgehead atoms. The Morgan fingerprint density at radius 2 is 2.05 bits per heavy atom. The number of amides is 1. The lowest BCUT2D eigenvalue weighted by Crippen LogP contribution is -2.60. The van der Waals surface area contributed by atoms with Crippen LogP contribution in [0.25, 0.3) is 0 Å². The van der Waals surface area contributed by atoms with E-state index in [9.17, 15) is 14.7 Å². The first-order valence-corrected chi connectivity index (χ1v) is 6.59. The van der Waals surface area contributed by atoms with Crippen molar-refractivity contribution in [2.45, 2.75) is 52.2 Å². The van der Waals surface area contributed by atoms with Crippen LogP contribution < -0.4 is 5.73 Å². The van der Waals surface area contributed by atoms with E-state index in [1.807, 2.05) is 0 Å². The first kappa shape index (κ1) is 15.8. The first-order chi connectivity index (χ1) is 8.62. The van der Waals surface area contributed by atoms with E-state index >= 15 is 0 Å². The van der Waals surface area contributed by atoms with Gasteiger partial charge >= 0.3 is 12.1 Å². The Morgan fingerprint density at radius 3 is 2.47 bits per heavy atom. The van der Waals surface area contributed by atoms with Crippen molar-refractivity contribution in [2.24, 2.45) is 11.1 Å². The van der Waals surface area contributed by atoms with Crippen LogP contribution in [0.2, 0.25) is 0 Å². The van der Waals surface area contributed by atoms with Crippen molar-refractivity contribution >= 4 is 12.1 Å². The number of carboxylic acids is 1. The molecule has 19 heavy (non-hydrogen) atoms. The summed E-state index contributed by atoms with van der Waals surface area (Å²) < 4.78 is 5.28. The normalized spacial score (nSPS) is 28.1. The molecule has 110 valence electrons. The molecule has 1 rings (SSSR count). The molecule has 0 aliphatic carbocycles. The Kier molecular flexibility index (Phi) is 4.45. The number of carboxylic acid groups (broad SMARTS) is 1. The Labute approximate surface area is 113 Å². The van der Waals surface area contributed by atoms with Crippen LogP contribution in [0.1, 0.15) is 40.5 Å². The zero-order chi connectivity index (χ0) is 14.8. The van der Waals surface area contributed by atoms with Gasteiger partial charge in [0, 0.05) is 19.1 Å². The molecular formula is C13H24N2O4. The zero-order valence-corrected chi connectivity index (χ0v) is 12.1. The summed E-state index contributed by atoms with van der Waals surface area (Å²) in [5, 5.41) is 9.43. The van der Waals surface area contributed by atoms with Crippen molar-refractivity contribution in [3.05, 3.63) is 0 Å². The summed E-state index contributed by atoms with van der Waals surface area (Å²) in [7, 11) is 0. The van der Waals surface area contributed by atoms with Gasteiger partial charge < -0.3 is 20.5 Å². The van der Waals surface area contributed by atoms with Crippen LogP contribution in [0.15, 0.2) is 0 Å². The van der Waals surface area contributed by atoms with E-state index in [0.29, 0.717) is 19.4 Å². The van der Waals surface area contributed by atoms with E-state index in [0.717, 1.165) is 0 Å². The lowest BCUT2D eigenvalue weighted by Gasteiger charge is -2.43. The quantitative estimate of drug-likeness (QED) is 0.793. The number of hydrogen-bond acceptors (Lipinski definition) is 4. The van der Waals surface area contributed by atoms with Gasteiger partial charge in [-0.1, -0.05) is 6.92 Å². The summed E-state index contributed by atoms with van der Waals surface area (Å²) in [6.45, 7) is 7.67. The molecule has 0 aromatic rings. The molecule has 1 aliphatic rings. The van der Waals surface area contributed by atoms with E-state index in [2.05, 4.69) is 0 Å². The molecule has 0 saturated carbocycles. The fourth-order valence-electron chi connectivity index (χ4n) is 2.34. The number of ether oxygens (including phenoxy) is 1. The van der Waals surface area contributed by atoms with E-state index in [1.54, 1.807) is 27.7 Å². The predicted molar refractivity (Wildman–Crippen MR) is 70.8 cm³/mol. The summed E-state index contributed by atoms with van der Waals surface area (Å²) in [6.07, 6.45) is 0.390. The van der Waals surface area contributed by atoms with Crippen molar-refractivity contribution in [3.63, 3.8) is 0 Å². The van der Waals surface area contributed by atoms with Gasteiger partial charge in [-0.3, -0.25) is 4.79 Å². The van der Waals surface area contributed by atoms with Gasteiger partial charge in [-0.2, -0.15) is 0 Å². The topological polar surface area (TPSA) is 92.9 Å². The van der Waals surface area contributed by atoms with Crippen LogP contribution in [-0.2, 0) is 9.53 Å². The number of nitrogens with zero attached hydrogens (tertiary/aromatic N) is 1. The minimum absolute atomic E-state index is 0.106. The number of carbonyl (C=O) groups excluding carboxylic acids is 1. The molecule has 1 aliphatic heterocycles. The van der Waals surface area contributed by atoms with Gasteiger partial charge in [-0.15, -0.1) is 0 Å². The first-order valence-electron chi connectivity index (χ1n) is 6.59. The number of carbonyl (C=O) groups is 2. The maximum absolute atomic E-state index is 12.0. The summed E-state index contributed by atoms with van der Waals surface area (Å²) in [5.41, 5.74) is 4.29. The second-order valence-electron chi connectivity index (χ2n) is 6.11. The lowest BCUT2D eigenvalue weighted by molar-refractivity contribution is -0.153. The SMILES string of the molecule is CC[C@@]1(C(=O)O)CN(C(=O)OC(C)(C)C)CC[C@H]1N. The molecular weight excluding hydrogens is 248 g/mol. The predicted octanol–water partition coefficient (Wildman–Crippen LogP) is 1.44. The van der Waals surface area contributed by atoms with Crippen LogP contribution in [0.5, 0.6) is 0 Å². The standard InChI is InChI=1S/C13H24N2O4/c1-5-13(10(16)17)8-15(7-6-9(13)14)11(18)19-12(2,3)4/h9H,5-8,14H2,1-4H3,(H,16,17)/t9-,13-/m1/s1. The highest BCUT2D eigenvalue weighted by Crippen LogP contribution is 2.33. The molecule has 3 N–H and O–H groups in total. The molecule has 6 nitrogen and oxygen atoms in total. The molecule has 0 aromatic carbocycles. The zero-order valence-electron chi connectivity index (χ0n) is 12.1.